The van der Waals surface area contributed by atoms with E-state index in [2.05, 4.69) is 47.6 Å². The molecule has 5 aliphatic carbocycles. The Labute approximate surface area is 213 Å². The summed E-state index contributed by atoms with van der Waals surface area (Å²) in [6.07, 6.45) is 11.0. The fourth-order valence-electron chi connectivity index (χ4n) is 11.0. The lowest BCUT2D eigenvalue weighted by Crippen LogP contribution is -2.67. The number of rotatable bonds is 1. The van der Waals surface area contributed by atoms with E-state index in [0.717, 1.165) is 57.8 Å². The summed E-state index contributed by atoms with van der Waals surface area (Å²) in [6.45, 7) is 16.3. The Balaban J connectivity index is 1.64. The average molecular weight is 487 g/mol. The predicted molar refractivity (Wildman–Crippen MR) is 138 cm³/mol. The molecule has 0 bridgehead atoms. The normalized spacial score (nSPS) is 54.9. The molecule has 2 N–H and O–H groups in total. The van der Waals surface area contributed by atoms with E-state index in [1.807, 2.05) is 6.92 Å². The molecule has 0 amide bonds. The third-order valence-electron chi connectivity index (χ3n) is 13.6. The highest BCUT2D eigenvalue weighted by Crippen LogP contribution is 2.76. The molecule has 0 saturated heterocycles. The van der Waals surface area contributed by atoms with E-state index >= 15 is 0 Å². The van der Waals surface area contributed by atoms with Gasteiger partial charge in [0, 0.05) is 5.92 Å². The molecule has 0 aromatic rings. The van der Waals surface area contributed by atoms with Crippen molar-refractivity contribution in [2.75, 3.05) is 7.11 Å². The standard InChI is InChI=1S/C31H50O4/c1-19-11-16-31(25(33)35-8)18-17-28(5)20(24(31)30(19,7)34)9-10-22-27(4)14-13-23(32)26(2,3)21(27)12-15-29(22,28)6/h9,19,21-24,32,34H,10-18H2,1-8H3/t19-,21-,22-,23+,24-,27+,28-,29-,30-,31+/m1/s1. The van der Waals surface area contributed by atoms with Gasteiger partial charge in [0.1, 0.15) is 0 Å². The van der Waals surface area contributed by atoms with Crippen LogP contribution < -0.4 is 0 Å². The maximum atomic E-state index is 13.4. The first-order valence-corrected chi connectivity index (χ1v) is 14.3. The average Bonchev–Trinajstić information content (AvgIpc) is 2.79. The molecule has 0 aromatic heterocycles. The van der Waals surface area contributed by atoms with Gasteiger partial charge in [0.2, 0.25) is 0 Å². The summed E-state index contributed by atoms with van der Waals surface area (Å²) in [4.78, 5) is 13.4. The summed E-state index contributed by atoms with van der Waals surface area (Å²) in [5.41, 5.74) is 0.00144. The summed E-state index contributed by atoms with van der Waals surface area (Å²) in [6, 6.07) is 0. The minimum absolute atomic E-state index is 0.0483. The second-order valence-corrected chi connectivity index (χ2v) is 14.9. The van der Waals surface area contributed by atoms with E-state index < -0.39 is 11.0 Å². The van der Waals surface area contributed by atoms with Gasteiger partial charge in [-0.15, -0.1) is 0 Å². The topological polar surface area (TPSA) is 66.8 Å². The van der Waals surface area contributed by atoms with Crippen LogP contribution in [-0.4, -0.2) is 35.0 Å². The van der Waals surface area contributed by atoms with Crippen LogP contribution in [0.4, 0.5) is 0 Å². The molecule has 4 saturated carbocycles. The molecule has 198 valence electrons. The highest BCUT2D eigenvalue weighted by Gasteiger charge is 2.71. The van der Waals surface area contributed by atoms with E-state index in [0.29, 0.717) is 11.8 Å². The van der Waals surface area contributed by atoms with Crippen LogP contribution in [0.15, 0.2) is 11.6 Å². The number of hydrogen-bond donors (Lipinski definition) is 2. The highest BCUT2D eigenvalue weighted by atomic mass is 16.5. The number of carbonyl (C=O) groups excluding carboxylic acids is 1. The molecule has 0 spiro atoms. The van der Waals surface area contributed by atoms with Crippen molar-refractivity contribution in [2.24, 2.45) is 50.7 Å². The van der Waals surface area contributed by atoms with E-state index in [1.54, 1.807) is 0 Å². The van der Waals surface area contributed by atoms with Crippen molar-refractivity contribution in [3.05, 3.63) is 11.6 Å². The maximum Gasteiger partial charge on any atom is 0.312 e. The Bertz CT molecular complexity index is 934. The van der Waals surface area contributed by atoms with Gasteiger partial charge in [-0.25, -0.2) is 0 Å². The van der Waals surface area contributed by atoms with Gasteiger partial charge < -0.3 is 14.9 Å². The number of hydrogen-bond acceptors (Lipinski definition) is 4. The largest absolute Gasteiger partial charge is 0.469 e. The van der Waals surface area contributed by atoms with Crippen molar-refractivity contribution in [1.82, 2.24) is 0 Å². The van der Waals surface area contributed by atoms with Crippen LogP contribution in [-0.2, 0) is 9.53 Å². The zero-order valence-corrected chi connectivity index (χ0v) is 23.5. The Morgan fingerprint density at radius 2 is 1.63 bits per heavy atom. The van der Waals surface area contributed by atoms with E-state index in [1.165, 1.54) is 12.7 Å². The number of aliphatic hydroxyl groups is 2. The SMILES string of the molecule is COC(=O)[C@]12CC[C@@H](C)[C@@](C)(O)[C@H]1C1=CC[C@@H]3[C@@]4(C)CC[C@H](O)C(C)(C)[C@H]4CC[C@@]3(C)[C@]1(C)CC2. The Morgan fingerprint density at radius 1 is 0.943 bits per heavy atom. The molecule has 35 heavy (non-hydrogen) atoms. The van der Waals surface area contributed by atoms with Crippen LogP contribution in [0.2, 0.25) is 0 Å². The van der Waals surface area contributed by atoms with Crippen LogP contribution in [0.3, 0.4) is 0 Å². The minimum atomic E-state index is -0.929. The van der Waals surface area contributed by atoms with Crippen molar-refractivity contribution in [1.29, 1.82) is 0 Å². The van der Waals surface area contributed by atoms with Crippen molar-refractivity contribution in [3.63, 3.8) is 0 Å². The molecular weight excluding hydrogens is 436 g/mol. The molecule has 10 atom stereocenters. The summed E-state index contributed by atoms with van der Waals surface area (Å²) >= 11 is 0. The zero-order valence-electron chi connectivity index (χ0n) is 23.5. The molecule has 0 unspecified atom stereocenters. The molecule has 4 nitrogen and oxygen atoms in total. The lowest BCUT2D eigenvalue weighted by Gasteiger charge is -2.71. The maximum absolute atomic E-state index is 13.4. The van der Waals surface area contributed by atoms with Gasteiger partial charge in [0.25, 0.3) is 0 Å². The first-order chi connectivity index (χ1) is 16.1. The molecular formula is C31H50O4. The molecule has 0 radical (unpaired) electrons. The fourth-order valence-corrected chi connectivity index (χ4v) is 11.0. The summed E-state index contributed by atoms with van der Waals surface area (Å²) in [5, 5.41) is 23.0. The third-order valence-corrected chi connectivity index (χ3v) is 13.6. The summed E-state index contributed by atoms with van der Waals surface area (Å²) < 4.78 is 5.44. The Hall–Kier alpha value is -0.870. The van der Waals surface area contributed by atoms with Gasteiger partial charge in [-0.1, -0.05) is 53.2 Å². The van der Waals surface area contributed by atoms with Gasteiger partial charge in [-0.3, -0.25) is 4.79 Å². The van der Waals surface area contributed by atoms with Gasteiger partial charge in [-0.2, -0.15) is 0 Å². The number of allylic oxidation sites excluding steroid dienone is 1. The monoisotopic (exact) mass is 486 g/mol. The number of methoxy groups -OCH3 is 1. The summed E-state index contributed by atoms with van der Waals surface area (Å²) in [7, 11) is 1.52. The van der Waals surface area contributed by atoms with Gasteiger partial charge >= 0.3 is 5.97 Å². The van der Waals surface area contributed by atoms with Gasteiger partial charge in [-0.05, 0) is 104 Å². The van der Waals surface area contributed by atoms with Crippen LogP contribution in [0.5, 0.6) is 0 Å². The van der Waals surface area contributed by atoms with Crippen LogP contribution in [0, 0.1) is 50.7 Å². The number of esters is 1. The highest BCUT2D eigenvalue weighted by molar-refractivity contribution is 5.79. The molecule has 4 heteroatoms. The van der Waals surface area contributed by atoms with Gasteiger partial charge in [0.15, 0.2) is 0 Å². The predicted octanol–water partition coefficient (Wildman–Crippen LogP) is 6.29. The molecule has 0 heterocycles. The number of carbonyl (C=O) groups is 1. The van der Waals surface area contributed by atoms with E-state index in [-0.39, 0.29) is 45.6 Å². The quantitative estimate of drug-likeness (QED) is 0.337. The summed E-state index contributed by atoms with van der Waals surface area (Å²) in [5.74, 6) is 0.909. The molecule has 4 fully saturated rings. The first-order valence-electron chi connectivity index (χ1n) is 14.3. The van der Waals surface area contributed by atoms with E-state index in [4.69, 9.17) is 4.74 Å². The second-order valence-electron chi connectivity index (χ2n) is 14.9. The number of fused-ring (bicyclic) bond motifs is 7. The smallest absolute Gasteiger partial charge is 0.312 e. The molecule has 0 aromatic carbocycles. The molecule has 0 aliphatic heterocycles. The minimum Gasteiger partial charge on any atom is -0.469 e. The second kappa shape index (κ2) is 7.59. The van der Waals surface area contributed by atoms with Crippen molar-refractivity contribution < 1.29 is 19.7 Å². The van der Waals surface area contributed by atoms with Crippen LogP contribution in [0.25, 0.3) is 0 Å². The lowest BCUT2D eigenvalue weighted by atomic mass is 9.33. The zero-order chi connectivity index (χ0) is 25.8. The lowest BCUT2D eigenvalue weighted by molar-refractivity contribution is -0.218. The number of aliphatic hydroxyl groups excluding tert-OH is 1. The fraction of sp³-hybridized carbons (Fsp3) is 0.903. The van der Waals surface area contributed by atoms with Crippen LogP contribution in [0.1, 0.15) is 106 Å². The van der Waals surface area contributed by atoms with Crippen molar-refractivity contribution in [2.45, 2.75) is 118 Å². The Morgan fingerprint density at radius 3 is 2.29 bits per heavy atom. The van der Waals surface area contributed by atoms with Crippen molar-refractivity contribution in [3.8, 4) is 0 Å². The molecule has 5 rings (SSSR count). The van der Waals surface area contributed by atoms with Crippen LogP contribution >= 0.6 is 0 Å². The number of ether oxygens (including phenoxy) is 1. The van der Waals surface area contributed by atoms with E-state index in [9.17, 15) is 15.0 Å². The first kappa shape index (κ1) is 25.8. The molecule has 5 aliphatic rings. The van der Waals surface area contributed by atoms with Crippen molar-refractivity contribution >= 4 is 5.97 Å². The Kier molecular flexibility index (Phi) is 5.59. The third kappa shape index (κ3) is 2.96. The van der Waals surface area contributed by atoms with Gasteiger partial charge in [0.05, 0.1) is 24.2 Å².